The third kappa shape index (κ3) is 3.22. The molecule has 0 spiro atoms. The summed E-state index contributed by atoms with van der Waals surface area (Å²) < 4.78 is 5.19. The van der Waals surface area contributed by atoms with E-state index in [-0.39, 0.29) is 18.2 Å². The molecule has 1 aliphatic rings. The van der Waals surface area contributed by atoms with Crippen molar-refractivity contribution < 1.29 is 14.3 Å². The van der Waals surface area contributed by atoms with Gasteiger partial charge < -0.3 is 10.1 Å². The number of hydrogen-bond acceptors (Lipinski definition) is 4. The van der Waals surface area contributed by atoms with Gasteiger partial charge in [0.1, 0.15) is 11.8 Å². The van der Waals surface area contributed by atoms with Crippen LogP contribution in [0.3, 0.4) is 0 Å². The smallest absolute Gasteiger partial charge is 0.256 e. The average Bonchev–Trinajstić information content (AvgIpc) is 2.84. The van der Waals surface area contributed by atoms with E-state index in [2.05, 4.69) is 17.4 Å². The Hall–Kier alpha value is -2.82. The van der Waals surface area contributed by atoms with Crippen LogP contribution < -0.4 is 15.0 Å². The summed E-state index contributed by atoms with van der Waals surface area (Å²) in [6, 6.07) is 10.6. The van der Waals surface area contributed by atoms with Gasteiger partial charge in [0, 0.05) is 11.8 Å². The lowest BCUT2D eigenvalue weighted by molar-refractivity contribution is -0.121. The first kappa shape index (κ1) is 17.0. The normalized spacial score (nSPS) is 17.1. The number of aryl methyl sites for hydroxylation is 3. The quantitative estimate of drug-likeness (QED) is 0.869. The Kier molecular flexibility index (Phi) is 4.49. The fraction of sp³-hybridized carbons (Fsp3) is 0.300. The Balaban J connectivity index is 1.87. The topological polar surface area (TPSA) is 58.6 Å². The van der Waals surface area contributed by atoms with Crippen molar-refractivity contribution >= 4 is 23.2 Å². The highest BCUT2D eigenvalue weighted by atomic mass is 16.5. The summed E-state index contributed by atoms with van der Waals surface area (Å²) in [5.41, 5.74) is 4.77. The van der Waals surface area contributed by atoms with Crippen molar-refractivity contribution in [2.24, 2.45) is 0 Å². The van der Waals surface area contributed by atoms with Crippen LogP contribution in [0.1, 0.15) is 23.1 Å². The molecule has 2 amide bonds. The third-order valence-electron chi connectivity index (χ3n) is 4.45. The van der Waals surface area contributed by atoms with Crippen molar-refractivity contribution in [3.8, 4) is 5.75 Å². The second-order valence-electron chi connectivity index (χ2n) is 6.44. The van der Waals surface area contributed by atoms with Gasteiger partial charge in [-0.2, -0.15) is 0 Å². The summed E-state index contributed by atoms with van der Waals surface area (Å²) in [7, 11) is 1.56. The van der Waals surface area contributed by atoms with Gasteiger partial charge in [0.05, 0.1) is 19.2 Å². The van der Waals surface area contributed by atoms with Crippen molar-refractivity contribution in [1.82, 2.24) is 0 Å². The number of hydrogen-bond donors (Lipinski definition) is 1. The minimum Gasteiger partial charge on any atom is -0.497 e. The molecule has 0 saturated carbocycles. The first-order valence-corrected chi connectivity index (χ1v) is 8.26. The lowest BCUT2D eigenvalue weighted by atomic mass is 10.0. The van der Waals surface area contributed by atoms with Crippen LogP contribution in [0.2, 0.25) is 0 Å². The van der Waals surface area contributed by atoms with Gasteiger partial charge >= 0.3 is 0 Å². The van der Waals surface area contributed by atoms with E-state index < -0.39 is 6.04 Å². The van der Waals surface area contributed by atoms with Gasteiger partial charge in [-0.1, -0.05) is 23.8 Å². The van der Waals surface area contributed by atoms with E-state index in [1.807, 2.05) is 20.8 Å². The van der Waals surface area contributed by atoms with Gasteiger partial charge in [-0.25, -0.2) is 4.90 Å². The van der Waals surface area contributed by atoms with Crippen molar-refractivity contribution in [2.45, 2.75) is 33.2 Å². The summed E-state index contributed by atoms with van der Waals surface area (Å²) in [4.78, 5) is 26.5. The Morgan fingerprint density at radius 1 is 1.08 bits per heavy atom. The fourth-order valence-corrected chi connectivity index (χ4v) is 3.35. The zero-order valence-corrected chi connectivity index (χ0v) is 14.9. The Labute approximate surface area is 147 Å². The van der Waals surface area contributed by atoms with Crippen LogP contribution in [0.25, 0.3) is 0 Å². The minimum atomic E-state index is -0.557. The van der Waals surface area contributed by atoms with Crippen LogP contribution in [0.15, 0.2) is 36.4 Å². The third-order valence-corrected chi connectivity index (χ3v) is 4.45. The van der Waals surface area contributed by atoms with E-state index in [9.17, 15) is 9.59 Å². The molecule has 130 valence electrons. The summed E-state index contributed by atoms with van der Waals surface area (Å²) >= 11 is 0. The number of ether oxygens (including phenoxy) is 1. The van der Waals surface area contributed by atoms with Crippen molar-refractivity contribution in [3.63, 3.8) is 0 Å². The van der Waals surface area contributed by atoms with Crippen molar-refractivity contribution in [2.75, 3.05) is 17.3 Å². The minimum absolute atomic E-state index is 0.142. The summed E-state index contributed by atoms with van der Waals surface area (Å²) in [6.07, 6.45) is 0.142. The molecule has 0 aliphatic carbocycles. The predicted octanol–water partition coefficient (Wildman–Crippen LogP) is 3.36. The van der Waals surface area contributed by atoms with Gasteiger partial charge in [-0.05, 0) is 44.0 Å². The molecule has 2 aromatic rings. The number of nitrogens with one attached hydrogen (secondary N) is 1. The molecule has 3 rings (SSSR count). The predicted molar refractivity (Wildman–Crippen MR) is 98.2 cm³/mol. The number of imide groups is 1. The average molecular weight is 338 g/mol. The van der Waals surface area contributed by atoms with Crippen LogP contribution in [-0.4, -0.2) is 25.0 Å². The maximum absolute atomic E-state index is 12.8. The molecule has 1 N–H and O–H groups in total. The van der Waals surface area contributed by atoms with E-state index in [1.165, 1.54) is 10.5 Å². The first-order valence-electron chi connectivity index (χ1n) is 8.26. The molecule has 0 radical (unpaired) electrons. The maximum Gasteiger partial charge on any atom is 0.256 e. The molecule has 1 heterocycles. The van der Waals surface area contributed by atoms with E-state index in [0.717, 1.165) is 16.8 Å². The number of methoxy groups -OCH3 is 1. The first-order chi connectivity index (χ1) is 11.9. The van der Waals surface area contributed by atoms with Crippen LogP contribution in [0.5, 0.6) is 5.75 Å². The Morgan fingerprint density at radius 2 is 1.76 bits per heavy atom. The maximum atomic E-state index is 12.8. The molecule has 25 heavy (non-hydrogen) atoms. The number of nitrogens with zero attached hydrogens (tertiary/aromatic N) is 1. The van der Waals surface area contributed by atoms with Gasteiger partial charge in [0.15, 0.2) is 0 Å². The van der Waals surface area contributed by atoms with Crippen LogP contribution in [0, 0.1) is 20.8 Å². The molecule has 1 aliphatic heterocycles. The molecule has 5 nitrogen and oxygen atoms in total. The van der Waals surface area contributed by atoms with E-state index >= 15 is 0 Å². The van der Waals surface area contributed by atoms with Gasteiger partial charge in [-0.15, -0.1) is 0 Å². The number of anilines is 2. The SMILES string of the molecule is COc1cccc(N2C(=O)C[C@H](Nc3c(C)cc(C)cc3C)C2=O)c1. The number of carbonyl (C=O) groups excluding carboxylic acids is 2. The van der Waals surface area contributed by atoms with E-state index in [0.29, 0.717) is 11.4 Å². The molecule has 1 saturated heterocycles. The Morgan fingerprint density at radius 3 is 2.40 bits per heavy atom. The van der Waals surface area contributed by atoms with Gasteiger partial charge in [-0.3, -0.25) is 9.59 Å². The molecule has 1 fully saturated rings. The van der Waals surface area contributed by atoms with E-state index in [1.54, 1.807) is 31.4 Å². The molecule has 5 heteroatoms. The second kappa shape index (κ2) is 6.59. The number of benzene rings is 2. The van der Waals surface area contributed by atoms with Crippen molar-refractivity contribution in [1.29, 1.82) is 0 Å². The number of carbonyl (C=O) groups is 2. The number of rotatable bonds is 4. The highest BCUT2D eigenvalue weighted by molar-refractivity contribution is 6.23. The molecule has 0 bridgehead atoms. The summed E-state index contributed by atoms with van der Waals surface area (Å²) in [5, 5.41) is 3.27. The zero-order valence-electron chi connectivity index (χ0n) is 14.9. The summed E-state index contributed by atoms with van der Waals surface area (Å²) in [6.45, 7) is 6.05. The molecule has 0 aromatic heterocycles. The molecular weight excluding hydrogens is 316 g/mol. The van der Waals surface area contributed by atoms with Gasteiger partial charge in [0.2, 0.25) is 5.91 Å². The highest BCUT2D eigenvalue weighted by Crippen LogP contribution is 2.29. The second-order valence-corrected chi connectivity index (χ2v) is 6.44. The summed E-state index contributed by atoms with van der Waals surface area (Å²) in [5.74, 6) is 0.163. The standard InChI is InChI=1S/C20H22N2O3/c1-12-8-13(2)19(14(3)9-12)21-17-11-18(23)22(20(17)24)15-6-5-7-16(10-15)25-4/h5-10,17,21H,11H2,1-4H3/t17-/m0/s1. The zero-order chi connectivity index (χ0) is 18.1. The van der Waals surface area contributed by atoms with Gasteiger partial charge in [0.25, 0.3) is 5.91 Å². The molecule has 0 unspecified atom stereocenters. The molecule has 2 aromatic carbocycles. The van der Waals surface area contributed by atoms with Crippen LogP contribution in [-0.2, 0) is 9.59 Å². The van der Waals surface area contributed by atoms with Crippen LogP contribution in [0.4, 0.5) is 11.4 Å². The Bertz CT molecular complexity index is 822. The largest absolute Gasteiger partial charge is 0.497 e. The van der Waals surface area contributed by atoms with Crippen LogP contribution >= 0.6 is 0 Å². The van der Waals surface area contributed by atoms with Crippen molar-refractivity contribution in [3.05, 3.63) is 53.1 Å². The monoisotopic (exact) mass is 338 g/mol. The van der Waals surface area contributed by atoms with E-state index in [4.69, 9.17) is 4.74 Å². The lowest BCUT2D eigenvalue weighted by Crippen LogP contribution is -2.35. The fourth-order valence-electron chi connectivity index (χ4n) is 3.35. The number of amides is 2. The lowest BCUT2D eigenvalue weighted by Gasteiger charge is -2.19. The molecule has 1 atom stereocenters. The highest BCUT2D eigenvalue weighted by Gasteiger charge is 2.40. The molecular formula is C20H22N2O3.